The van der Waals surface area contributed by atoms with E-state index in [9.17, 15) is 31.1 Å². The number of halogens is 6. The van der Waals surface area contributed by atoms with E-state index < -0.39 is 35.6 Å². The summed E-state index contributed by atoms with van der Waals surface area (Å²) in [6.07, 6.45) is -6.90. The number of nitrogens with one attached hydrogen (secondary N) is 1. The highest BCUT2D eigenvalue weighted by atomic mass is 19.4. The van der Waals surface area contributed by atoms with Crippen LogP contribution in [0.5, 0.6) is 0 Å². The molecule has 14 heteroatoms. The first-order valence-corrected chi connectivity index (χ1v) is 10.8. The molecular formula is C22H17F6N7O. The summed E-state index contributed by atoms with van der Waals surface area (Å²) in [4.78, 5) is 24.1. The van der Waals surface area contributed by atoms with Crippen LogP contribution in [0.3, 0.4) is 0 Å². The molecule has 36 heavy (non-hydrogen) atoms. The summed E-state index contributed by atoms with van der Waals surface area (Å²) in [5, 5.41) is 6.74. The number of amides is 1. The minimum atomic E-state index is -4.85. The minimum Gasteiger partial charge on any atom is -0.347 e. The second kappa shape index (κ2) is 8.60. The van der Waals surface area contributed by atoms with Gasteiger partial charge in [-0.05, 0) is 18.1 Å². The Morgan fingerprint density at radius 2 is 1.83 bits per heavy atom. The van der Waals surface area contributed by atoms with Crippen molar-refractivity contribution in [3.63, 3.8) is 0 Å². The van der Waals surface area contributed by atoms with E-state index in [1.807, 2.05) is 0 Å². The van der Waals surface area contributed by atoms with Crippen molar-refractivity contribution in [2.45, 2.75) is 38.3 Å². The number of aryl methyl sites for hydroxylation is 1. The Morgan fingerprint density at radius 1 is 1.08 bits per heavy atom. The van der Waals surface area contributed by atoms with Gasteiger partial charge < -0.3 is 5.32 Å². The lowest BCUT2D eigenvalue weighted by molar-refractivity contribution is -0.179. The number of carbonyl (C=O) groups excluding carboxylic acids is 1. The molecule has 1 atom stereocenters. The second-order valence-electron chi connectivity index (χ2n) is 8.28. The van der Waals surface area contributed by atoms with Crippen molar-refractivity contribution < 1.29 is 31.1 Å². The molecule has 1 amide bonds. The van der Waals surface area contributed by atoms with Gasteiger partial charge in [0.25, 0.3) is 5.91 Å². The Labute approximate surface area is 199 Å². The number of hydrogen-bond acceptors (Lipinski definition) is 5. The van der Waals surface area contributed by atoms with Crippen molar-refractivity contribution in [1.29, 1.82) is 0 Å². The second-order valence-corrected chi connectivity index (χ2v) is 8.28. The fraction of sp³-hybridized carbons (Fsp3) is 0.318. The topological polar surface area (TPSA) is 90.0 Å². The number of fused-ring (bicyclic) bond motifs is 2. The smallest absolute Gasteiger partial charge is 0.347 e. The number of benzene rings is 1. The summed E-state index contributed by atoms with van der Waals surface area (Å²) in [7, 11) is 0. The summed E-state index contributed by atoms with van der Waals surface area (Å²) < 4.78 is 81.8. The van der Waals surface area contributed by atoms with Gasteiger partial charge in [0.05, 0.1) is 5.92 Å². The van der Waals surface area contributed by atoms with Crippen LogP contribution in [0.25, 0.3) is 17.2 Å². The first-order valence-electron chi connectivity index (χ1n) is 10.8. The molecule has 0 saturated carbocycles. The standard InChI is InChI=1S/C22H17F6N7O/c23-21(24,25)14-6-9-35-15(10-14)31-18(33-35)13-4-2-12(3-5-13)11-30-19(36)16-17(22(26,27)28)32-20-29-7-1-8-34(16)20/h1-5,7-8,14H,6,9-11H2,(H,30,36)/t14-/m0/s1. The number of rotatable bonds is 4. The molecule has 8 nitrogen and oxygen atoms in total. The zero-order valence-corrected chi connectivity index (χ0v) is 18.3. The van der Waals surface area contributed by atoms with Crippen molar-refractivity contribution in [3.8, 4) is 11.4 Å². The molecule has 3 aromatic heterocycles. The third kappa shape index (κ3) is 4.50. The molecule has 0 radical (unpaired) electrons. The van der Waals surface area contributed by atoms with Gasteiger partial charge >= 0.3 is 12.4 Å². The van der Waals surface area contributed by atoms with E-state index in [4.69, 9.17) is 0 Å². The number of hydrogen-bond donors (Lipinski definition) is 1. The molecule has 0 fully saturated rings. The molecule has 1 aliphatic rings. The van der Waals surface area contributed by atoms with Crippen molar-refractivity contribution in [1.82, 2.24) is 34.4 Å². The van der Waals surface area contributed by atoms with E-state index in [1.54, 1.807) is 24.3 Å². The third-order valence-corrected chi connectivity index (χ3v) is 5.88. The number of imidazole rings is 1. The highest BCUT2D eigenvalue weighted by molar-refractivity contribution is 5.94. The van der Waals surface area contributed by atoms with Crippen molar-refractivity contribution in [2.75, 3.05) is 0 Å². The third-order valence-electron chi connectivity index (χ3n) is 5.88. The fourth-order valence-electron chi connectivity index (χ4n) is 4.05. The van der Waals surface area contributed by atoms with Gasteiger partial charge in [0.2, 0.25) is 5.78 Å². The zero-order chi connectivity index (χ0) is 25.7. The predicted molar refractivity (Wildman–Crippen MR) is 112 cm³/mol. The molecule has 1 N–H and O–H groups in total. The van der Waals surface area contributed by atoms with Gasteiger partial charge in [0, 0.05) is 37.5 Å². The molecule has 1 aliphatic heterocycles. The van der Waals surface area contributed by atoms with Crippen molar-refractivity contribution >= 4 is 11.7 Å². The SMILES string of the molecule is O=C(NCc1ccc(-c2nc3n(n2)CC[C@H](C(F)(F)F)C3)cc1)c1c(C(F)(F)F)nc2ncccn12. The molecule has 188 valence electrons. The van der Waals surface area contributed by atoms with Crippen LogP contribution in [0.1, 0.15) is 34.0 Å². The summed E-state index contributed by atoms with van der Waals surface area (Å²) in [6.45, 7) is 0.0413. The highest BCUT2D eigenvalue weighted by Gasteiger charge is 2.42. The molecule has 0 saturated heterocycles. The van der Waals surface area contributed by atoms with Crippen LogP contribution in [0, 0.1) is 5.92 Å². The molecule has 4 aromatic rings. The number of alkyl halides is 6. The van der Waals surface area contributed by atoms with Crippen LogP contribution < -0.4 is 5.32 Å². The average Bonchev–Trinajstić information content (AvgIpc) is 3.43. The minimum absolute atomic E-state index is 0.0590. The first-order chi connectivity index (χ1) is 17.0. The van der Waals surface area contributed by atoms with E-state index >= 15 is 0 Å². The van der Waals surface area contributed by atoms with E-state index in [-0.39, 0.29) is 43.4 Å². The lowest BCUT2D eigenvalue weighted by Crippen LogP contribution is -2.31. The molecular weight excluding hydrogens is 492 g/mol. The monoisotopic (exact) mass is 509 g/mol. The van der Waals surface area contributed by atoms with E-state index in [2.05, 4.69) is 25.4 Å². The molecule has 1 aromatic carbocycles. The van der Waals surface area contributed by atoms with Gasteiger partial charge in [-0.25, -0.2) is 19.6 Å². The van der Waals surface area contributed by atoms with E-state index in [0.29, 0.717) is 11.1 Å². The van der Waals surface area contributed by atoms with Crippen LogP contribution in [-0.4, -0.2) is 41.2 Å². The maximum Gasteiger partial charge on any atom is 0.435 e. The molecule has 5 rings (SSSR count). The normalized spacial score (nSPS) is 16.2. The number of nitrogens with zero attached hydrogens (tertiary/aromatic N) is 6. The Morgan fingerprint density at radius 3 is 2.53 bits per heavy atom. The molecule has 4 heterocycles. The average molecular weight is 509 g/mol. The maximum absolute atomic E-state index is 13.4. The number of aromatic nitrogens is 6. The Bertz CT molecular complexity index is 1420. The predicted octanol–water partition coefficient (Wildman–Crippen LogP) is 4.06. The largest absolute Gasteiger partial charge is 0.435 e. The quantitative estimate of drug-likeness (QED) is 0.419. The molecule has 0 bridgehead atoms. The van der Waals surface area contributed by atoms with Gasteiger partial charge in [0.1, 0.15) is 11.5 Å². The van der Waals surface area contributed by atoms with Gasteiger partial charge in [-0.2, -0.15) is 31.4 Å². The van der Waals surface area contributed by atoms with Gasteiger partial charge in [-0.3, -0.25) is 9.20 Å². The van der Waals surface area contributed by atoms with Crippen LogP contribution in [-0.2, 0) is 25.7 Å². The maximum atomic E-state index is 13.4. The summed E-state index contributed by atoms with van der Waals surface area (Å²) >= 11 is 0. The van der Waals surface area contributed by atoms with E-state index in [1.165, 1.54) is 23.1 Å². The zero-order valence-electron chi connectivity index (χ0n) is 18.3. The molecule has 0 aliphatic carbocycles. The molecule has 0 unspecified atom stereocenters. The summed E-state index contributed by atoms with van der Waals surface area (Å²) in [5.74, 6) is -2.14. The van der Waals surface area contributed by atoms with Gasteiger partial charge in [-0.15, -0.1) is 0 Å². The van der Waals surface area contributed by atoms with Crippen LogP contribution >= 0.6 is 0 Å². The van der Waals surface area contributed by atoms with E-state index in [0.717, 1.165) is 4.40 Å². The lowest BCUT2D eigenvalue weighted by Gasteiger charge is -2.24. The summed E-state index contributed by atoms with van der Waals surface area (Å²) in [6, 6.07) is 7.88. The Hall–Kier alpha value is -3.97. The van der Waals surface area contributed by atoms with Gasteiger partial charge in [-0.1, -0.05) is 24.3 Å². The highest BCUT2D eigenvalue weighted by Crippen LogP contribution is 2.35. The number of carbonyl (C=O) groups is 1. The summed E-state index contributed by atoms with van der Waals surface area (Å²) in [5.41, 5.74) is -0.875. The van der Waals surface area contributed by atoms with Crippen LogP contribution in [0.2, 0.25) is 0 Å². The fourth-order valence-corrected chi connectivity index (χ4v) is 4.05. The lowest BCUT2D eigenvalue weighted by atomic mass is 9.98. The van der Waals surface area contributed by atoms with Crippen molar-refractivity contribution in [3.05, 3.63) is 65.5 Å². The van der Waals surface area contributed by atoms with Crippen LogP contribution in [0.15, 0.2) is 42.7 Å². The molecule has 0 spiro atoms. The first kappa shape index (κ1) is 23.8. The Balaban J connectivity index is 1.30. The van der Waals surface area contributed by atoms with Crippen molar-refractivity contribution in [2.24, 2.45) is 5.92 Å². The van der Waals surface area contributed by atoms with Gasteiger partial charge in [0.15, 0.2) is 11.5 Å². The van der Waals surface area contributed by atoms with Crippen LogP contribution in [0.4, 0.5) is 26.3 Å². The Kier molecular flexibility index (Phi) is 5.68.